The molecule has 1 aromatic rings. The van der Waals surface area contributed by atoms with Gasteiger partial charge in [-0.1, -0.05) is 24.1 Å². The first kappa shape index (κ1) is 11.8. The van der Waals surface area contributed by atoms with Gasteiger partial charge in [-0.25, -0.2) is 0 Å². The van der Waals surface area contributed by atoms with Gasteiger partial charge >= 0.3 is 0 Å². The Morgan fingerprint density at radius 3 is 2.31 bits per heavy atom. The van der Waals surface area contributed by atoms with Crippen LogP contribution in [-0.2, 0) is 9.59 Å². The van der Waals surface area contributed by atoms with Gasteiger partial charge in [-0.2, -0.15) is 0 Å². The van der Waals surface area contributed by atoms with Gasteiger partial charge in [0.05, 0.1) is 0 Å². The average molecular weight is 210 g/mol. The summed E-state index contributed by atoms with van der Waals surface area (Å²) in [6.45, 7) is 0. The first-order valence-electron chi connectivity index (χ1n) is 4.81. The molecule has 0 atom stereocenters. The van der Waals surface area contributed by atoms with Gasteiger partial charge in [0.1, 0.15) is 0 Å². The maximum atomic E-state index is 11.2. The molecular formula is C14H10O2. The van der Waals surface area contributed by atoms with Crippen LogP contribution in [0.4, 0.5) is 0 Å². The lowest BCUT2D eigenvalue weighted by Gasteiger charge is -1.89. The largest absolute Gasteiger partial charge is 0.285 e. The lowest BCUT2D eigenvalue weighted by Crippen LogP contribution is -1.99. The van der Waals surface area contributed by atoms with Gasteiger partial charge in [-0.15, -0.1) is 6.42 Å². The molecule has 2 heteroatoms. The van der Waals surface area contributed by atoms with Crippen LogP contribution in [0.15, 0.2) is 30.3 Å². The van der Waals surface area contributed by atoms with Crippen molar-refractivity contribution in [2.24, 2.45) is 0 Å². The average Bonchev–Trinajstić information content (AvgIpc) is 2.34. The number of ketones is 2. The number of rotatable bonds is 3. The number of benzene rings is 1. The van der Waals surface area contributed by atoms with Crippen LogP contribution < -0.4 is 0 Å². The Hall–Kier alpha value is -2.32. The number of terminal acetylenes is 1. The molecule has 0 bridgehead atoms. The quantitative estimate of drug-likeness (QED) is 0.561. The highest BCUT2D eigenvalue weighted by Crippen LogP contribution is 1.96. The molecule has 0 heterocycles. The monoisotopic (exact) mass is 210 g/mol. The van der Waals surface area contributed by atoms with Gasteiger partial charge in [0, 0.05) is 18.4 Å². The van der Waals surface area contributed by atoms with Crippen molar-refractivity contribution >= 4 is 11.6 Å². The molecule has 0 aromatic heterocycles. The molecule has 0 aliphatic rings. The molecule has 0 spiro atoms. The molecule has 0 unspecified atom stereocenters. The first-order chi connectivity index (χ1) is 7.72. The molecule has 78 valence electrons. The van der Waals surface area contributed by atoms with Crippen LogP contribution in [0.25, 0.3) is 0 Å². The van der Waals surface area contributed by atoms with Crippen molar-refractivity contribution in [1.29, 1.82) is 0 Å². The third-order valence-corrected chi connectivity index (χ3v) is 1.86. The van der Waals surface area contributed by atoms with Crippen LogP contribution in [0.5, 0.6) is 0 Å². The fourth-order valence-corrected chi connectivity index (χ4v) is 1.03. The fourth-order valence-electron chi connectivity index (χ4n) is 1.03. The minimum atomic E-state index is -0.366. The van der Waals surface area contributed by atoms with E-state index in [0.29, 0.717) is 0 Å². The summed E-state index contributed by atoms with van der Waals surface area (Å²) in [5.74, 6) is 6.51. The van der Waals surface area contributed by atoms with E-state index in [2.05, 4.69) is 11.8 Å². The molecule has 0 radical (unpaired) electrons. The number of carbonyl (C=O) groups is 2. The second-order valence-corrected chi connectivity index (χ2v) is 3.11. The molecule has 0 N–H and O–H groups in total. The van der Waals surface area contributed by atoms with Crippen LogP contribution in [0.2, 0.25) is 0 Å². The molecular weight excluding hydrogens is 200 g/mol. The highest BCUT2D eigenvalue weighted by atomic mass is 16.1. The summed E-state index contributed by atoms with van der Waals surface area (Å²) >= 11 is 0. The zero-order valence-corrected chi connectivity index (χ0v) is 8.69. The highest BCUT2D eigenvalue weighted by Gasteiger charge is 2.01. The Balaban J connectivity index is 2.50. The van der Waals surface area contributed by atoms with E-state index in [0.717, 1.165) is 5.56 Å². The predicted molar refractivity (Wildman–Crippen MR) is 61.4 cm³/mol. The van der Waals surface area contributed by atoms with Crippen molar-refractivity contribution in [3.05, 3.63) is 35.9 Å². The molecule has 0 aliphatic heterocycles. The molecule has 0 saturated heterocycles. The topological polar surface area (TPSA) is 34.1 Å². The molecule has 1 aromatic carbocycles. The lowest BCUT2D eigenvalue weighted by atomic mass is 10.1. The van der Waals surface area contributed by atoms with Crippen LogP contribution in [-0.4, -0.2) is 11.6 Å². The Morgan fingerprint density at radius 2 is 1.69 bits per heavy atom. The normalized spacial score (nSPS) is 8.44. The summed E-state index contributed by atoms with van der Waals surface area (Å²) in [5.41, 5.74) is 0.777. The van der Waals surface area contributed by atoms with E-state index in [1.807, 2.05) is 36.3 Å². The smallest absolute Gasteiger partial charge is 0.206 e. The minimum Gasteiger partial charge on any atom is -0.285 e. The maximum absolute atomic E-state index is 11.2. The van der Waals surface area contributed by atoms with Crippen molar-refractivity contribution in [1.82, 2.24) is 0 Å². The van der Waals surface area contributed by atoms with Crippen LogP contribution >= 0.6 is 0 Å². The van der Waals surface area contributed by atoms with E-state index in [9.17, 15) is 9.59 Å². The molecule has 2 nitrogen and oxygen atoms in total. The Kier molecular flexibility index (Phi) is 4.57. The van der Waals surface area contributed by atoms with Gasteiger partial charge < -0.3 is 0 Å². The van der Waals surface area contributed by atoms with Crippen molar-refractivity contribution in [2.75, 3.05) is 0 Å². The Morgan fingerprint density at radius 1 is 1.06 bits per heavy atom. The van der Waals surface area contributed by atoms with Crippen LogP contribution in [0, 0.1) is 24.2 Å². The van der Waals surface area contributed by atoms with Gasteiger partial charge in [0.15, 0.2) is 0 Å². The van der Waals surface area contributed by atoms with E-state index in [4.69, 9.17) is 6.42 Å². The van der Waals surface area contributed by atoms with Crippen LogP contribution in [0.3, 0.4) is 0 Å². The van der Waals surface area contributed by atoms with Crippen molar-refractivity contribution < 1.29 is 9.59 Å². The zero-order chi connectivity index (χ0) is 11.8. The van der Waals surface area contributed by atoms with Gasteiger partial charge in [-0.05, 0) is 24.0 Å². The number of hydrogen-bond acceptors (Lipinski definition) is 2. The fraction of sp³-hybridized carbons (Fsp3) is 0.143. The van der Waals surface area contributed by atoms with Crippen LogP contribution in [0.1, 0.15) is 18.4 Å². The minimum absolute atomic E-state index is 0.0683. The third-order valence-electron chi connectivity index (χ3n) is 1.86. The maximum Gasteiger partial charge on any atom is 0.206 e. The summed E-state index contributed by atoms with van der Waals surface area (Å²) in [4.78, 5) is 22.0. The van der Waals surface area contributed by atoms with E-state index < -0.39 is 0 Å². The first-order valence-corrected chi connectivity index (χ1v) is 4.81. The zero-order valence-electron chi connectivity index (χ0n) is 8.69. The predicted octanol–water partition coefficient (Wildman–Crippen LogP) is 1.59. The Bertz CT molecular complexity index is 481. The lowest BCUT2D eigenvalue weighted by molar-refractivity contribution is -0.118. The molecule has 16 heavy (non-hydrogen) atoms. The van der Waals surface area contributed by atoms with Gasteiger partial charge in [-0.3, -0.25) is 9.59 Å². The molecule has 0 saturated carbocycles. The molecule has 0 aliphatic carbocycles. The van der Waals surface area contributed by atoms with E-state index in [1.54, 1.807) is 0 Å². The SMILES string of the molecule is C#CC(=O)CCC(=O)C#Cc1ccccc1. The summed E-state index contributed by atoms with van der Waals surface area (Å²) in [6, 6.07) is 9.19. The van der Waals surface area contributed by atoms with E-state index >= 15 is 0 Å². The molecule has 0 amide bonds. The van der Waals surface area contributed by atoms with Gasteiger partial charge in [0.2, 0.25) is 11.6 Å². The number of Topliss-reactive ketones (excluding diaryl/α,β-unsaturated/α-hetero) is 2. The molecule has 0 fully saturated rings. The van der Waals surface area contributed by atoms with E-state index in [1.165, 1.54) is 0 Å². The summed E-state index contributed by atoms with van der Waals surface area (Å²) in [5, 5.41) is 0. The summed E-state index contributed by atoms with van der Waals surface area (Å²) in [7, 11) is 0. The van der Waals surface area contributed by atoms with Crippen molar-refractivity contribution in [3.63, 3.8) is 0 Å². The second kappa shape index (κ2) is 6.22. The highest BCUT2D eigenvalue weighted by molar-refractivity contribution is 6.01. The van der Waals surface area contributed by atoms with Gasteiger partial charge in [0.25, 0.3) is 0 Å². The van der Waals surface area contributed by atoms with E-state index in [-0.39, 0.29) is 24.4 Å². The van der Waals surface area contributed by atoms with Crippen molar-refractivity contribution in [2.45, 2.75) is 12.8 Å². The van der Waals surface area contributed by atoms with Crippen molar-refractivity contribution in [3.8, 4) is 24.2 Å². The summed E-state index contributed by atoms with van der Waals surface area (Å²) < 4.78 is 0. The Labute approximate surface area is 94.7 Å². The molecule has 1 rings (SSSR count). The number of carbonyl (C=O) groups excluding carboxylic acids is 2. The third kappa shape index (κ3) is 4.26. The second-order valence-electron chi connectivity index (χ2n) is 3.11. The number of hydrogen-bond donors (Lipinski definition) is 0. The summed E-state index contributed by atoms with van der Waals surface area (Å²) in [6.07, 6.45) is 5.03. The standard InChI is InChI=1S/C14H10O2/c1-2-13(15)10-11-14(16)9-8-12-6-4-3-5-7-12/h1,3-7H,10-11H2.